The van der Waals surface area contributed by atoms with E-state index in [4.69, 9.17) is 9.26 Å². The second-order valence-corrected chi connectivity index (χ2v) is 7.36. The van der Waals surface area contributed by atoms with Crippen molar-refractivity contribution >= 4 is 5.91 Å². The molecule has 3 aromatic rings. The van der Waals surface area contributed by atoms with E-state index in [1.165, 1.54) is 0 Å². The SMILES string of the molecule is CCC(Oc1cc(C)ccc1C)C(=O)N(C)Cc1nc(-c2ccc(C)cc2)no1. The Balaban J connectivity index is 1.67. The molecule has 0 aliphatic heterocycles. The zero-order valence-electron chi connectivity index (χ0n) is 17.6. The zero-order valence-corrected chi connectivity index (χ0v) is 17.6. The van der Waals surface area contributed by atoms with E-state index in [1.807, 2.05) is 70.2 Å². The molecule has 6 nitrogen and oxygen atoms in total. The molecule has 0 fully saturated rings. The molecule has 6 heteroatoms. The topological polar surface area (TPSA) is 68.5 Å². The van der Waals surface area contributed by atoms with Gasteiger partial charge in [-0.1, -0.05) is 54.0 Å². The van der Waals surface area contributed by atoms with Crippen molar-refractivity contribution in [1.29, 1.82) is 0 Å². The number of amides is 1. The zero-order chi connectivity index (χ0) is 21.0. The number of nitrogens with zero attached hydrogens (tertiary/aromatic N) is 3. The van der Waals surface area contributed by atoms with Gasteiger partial charge in [0.1, 0.15) is 5.75 Å². The fourth-order valence-corrected chi connectivity index (χ4v) is 2.96. The molecule has 29 heavy (non-hydrogen) atoms. The summed E-state index contributed by atoms with van der Waals surface area (Å²) in [6.45, 7) is 8.16. The maximum absolute atomic E-state index is 12.9. The van der Waals surface area contributed by atoms with Crippen LogP contribution in [0.15, 0.2) is 47.0 Å². The van der Waals surface area contributed by atoms with Gasteiger partial charge in [0.15, 0.2) is 6.10 Å². The molecule has 152 valence electrons. The van der Waals surface area contributed by atoms with Crippen LogP contribution in [0.1, 0.15) is 35.9 Å². The van der Waals surface area contributed by atoms with Crippen LogP contribution in [0.25, 0.3) is 11.4 Å². The first-order valence-corrected chi connectivity index (χ1v) is 9.76. The van der Waals surface area contributed by atoms with Crippen LogP contribution in [0.5, 0.6) is 5.75 Å². The second kappa shape index (κ2) is 8.90. The fraction of sp³-hybridized carbons (Fsp3) is 0.348. The molecule has 2 aromatic carbocycles. The van der Waals surface area contributed by atoms with Crippen molar-refractivity contribution in [1.82, 2.24) is 15.0 Å². The van der Waals surface area contributed by atoms with Gasteiger partial charge >= 0.3 is 0 Å². The molecule has 1 amide bonds. The lowest BCUT2D eigenvalue weighted by atomic mass is 10.1. The lowest BCUT2D eigenvalue weighted by molar-refractivity contribution is -0.138. The van der Waals surface area contributed by atoms with Crippen molar-refractivity contribution in [2.24, 2.45) is 0 Å². The van der Waals surface area contributed by atoms with Gasteiger partial charge in [-0.15, -0.1) is 0 Å². The average Bonchev–Trinajstić information content (AvgIpc) is 3.17. The molecule has 1 aromatic heterocycles. The lowest BCUT2D eigenvalue weighted by Crippen LogP contribution is -2.39. The predicted molar refractivity (Wildman–Crippen MR) is 112 cm³/mol. The summed E-state index contributed by atoms with van der Waals surface area (Å²) >= 11 is 0. The van der Waals surface area contributed by atoms with Crippen LogP contribution in [0.4, 0.5) is 0 Å². The third-order valence-corrected chi connectivity index (χ3v) is 4.79. The van der Waals surface area contributed by atoms with Gasteiger partial charge in [0.2, 0.25) is 11.7 Å². The van der Waals surface area contributed by atoms with Crippen molar-refractivity contribution in [3.8, 4) is 17.1 Å². The van der Waals surface area contributed by atoms with Crippen LogP contribution in [-0.2, 0) is 11.3 Å². The summed E-state index contributed by atoms with van der Waals surface area (Å²) in [4.78, 5) is 18.9. The molecule has 0 N–H and O–H groups in total. The Kier molecular flexibility index (Phi) is 6.32. The van der Waals surface area contributed by atoms with Gasteiger partial charge in [-0.3, -0.25) is 4.79 Å². The van der Waals surface area contributed by atoms with Gasteiger partial charge in [-0.05, 0) is 44.4 Å². The van der Waals surface area contributed by atoms with E-state index in [2.05, 4.69) is 10.1 Å². The number of benzene rings is 2. The summed E-state index contributed by atoms with van der Waals surface area (Å²) in [6.07, 6.45) is -0.00496. The normalized spacial score (nSPS) is 11.9. The molecule has 3 rings (SSSR count). The third-order valence-electron chi connectivity index (χ3n) is 4.79. The summed E-state index contributed by atoms with van der Waals surface area (Å²) in [5.74, 6) is 1.51. The standard InChI is InChI=1S/C23H27N3O3/c1-6-19(28-20-13-16(3)7-10-17(20)4)23(27)26(5)14-21-24-22(25-29-21)18-11-8-15(2)9-12-18/h7-13,19H,6,14H2,1-5H3. The molecule has 1 unspecified atom stereocenters. The number of carbonyl (C=O) groups is 1. The number of likely N-dealkylation sites (N-methyl/N-ethyl adjacent to an activating group) is 1. The largest absolute Gasteiger partial charge is 0.480 e. The van der Waals surface area contributed by atoms with E-state index in [9.17, 15) is 4.79 Å². The Bertz CT molecular complexity index is 979. The van der Waals surface area contributed by atoms with E-state index in [1.54, 1.807) is 11.9 Å². The van der Waals surface area contributed by atoms with Crippen LogP contribution in [-0.4, -0.2) is 34.1 Å². The van der Waals surface area contributed by atoms with Crippen LogP contribution in [0, 0.1) is 20.8 Å². The summed E-state index contributed by atoms with van der Waals surface area (Å²) in [7, 11) is 1.72. The molecule has 0 saturated heterocycles. The Morgan fingerprint density at radius 1 is 1.10 bits per heavy atom. The van der Waals surface area contributed by atoms with Crippen molar-refractivity contribution in [2.75, 3.05) is 7.05 Å². The Hall–Kier alpha value is -3.15. The smallest absolute Gasteiger partial charge is 0.263 e. The number of ether oxygens (including phenoxy) is 1. The summed E-state index contributed by atoms with van der Waals surface area (Å²) < 4.78 is 11.4. The van der Waals surface area contributed by atoms with E-state index >= 15 is 0 Å². The molecule has 0 saturated carbocycles. The van der Waals surface area contributed by atoms with Crippen molar-refractivity contribution < 1.29 is 14.1 Å². The highest BCUT2D eigenvalue weighted by Gasteiger charge is 2.24. The molecular weight excluding hydrogens is 366 g/mol. The second-order valence-electron chi connectivity index (χ2n) is 7.36. The van der Waals surface area contributed by atoms with Crippen LogP contribution >= 0.6 is 0 Å². The minimum atomic E-state index is -0.569. The van der Waals surface area contributed by atoms with E-state index in [-0.39, 0.29) is 12.5 Å². The highest BCUT2D eigenvalue weighted by molar-refractivity contribution is 5.81. The lowest BCUT2D eigenvalue weighted by Gasteiger charge is -2.23. The third kappa shape index (κ3) is 5.02. The number of rotatable bonds is 7. The Morgan fingerprint density at radius 3 is 2.48 bits per heavy atom. The number of aryl methyl sites for hydroxylation is 3. The highest BCUT2D eigenvalue weighted by atomic mass is 16.5. The maximum Gasteiger partial charge on any atom is 0.263 e. The van der Waals surface area contributed by atoms with E-state index < -0.39 is 6.10 Å². The van der Waals surface area contributed by atoms with Gasteiger partial charge in [0.05, 0.1) is 6.54 Å². The molecule has 1 heterocycles. The van der Waals surface area contributed by atoms with Crippen molar-refractivity contribution in [3.63, 3.8) is 0 Å². The first kappa shape index (κ1) is 20.6. The molecule has 0 bridgehead atoms. The van der Waals surface area contributed by atoms with Gasteiger partial charge in [0.25, 0.3) is 5.91 Å². The van der Waals surface area contributed by atoms with Gasteiger partial charge in [-0.25, -0.2) is 0 Å². The number of hydrogen-bond donors (Lipinski definition) is 0. The summed E-state index contributed by atoms with van der Waals surface area (Å²) in [5.41, 5.74) is 4.14. The minimum Gasteiger partial charge on any atom is -0.480 e. The van der Waals surface area contributed by atoms with Crippen molar-refractivity contribution in [3.05, 3.63) is 65.0 Å². The average molecular weight is 393 g/mol. The minimum absolute atomic E-state index is 0.122. The number of carbonyl (C=O) groups excluding carboxylic acids is 1. The summed E-state index contributed by atoms with van der Waals surface area (Å²) in [5, 5.41) is 4.03. The van der Waals surface area contributed by atoms with Gasteiger partial charge in [-0.2, -0.15) is 4.98 Å². The number of aromatic nitrogens is 2. The maximum atomic E-state index is 12.9. The molecular formula is C23H27N3O3. The molecule has 0 aliphatic carbocycles. The van der Waals surface area contributed by atoms with E-state index in [0.717, 1.165) is 28.0 Å². The van der Waals surface area contributed by atoms with Crippen LogP contribution < -0.4 is 4.74 Å². The van der Waals surface area contributed by atoms with Crippen LogP contribution in [0.2, 0.25) is 0 Å². The van der Waals surface area contributed by atoms with E-state index in [0.29, 0.717) is 18.1 Å². The Labute approximate surface area is 171 Å². The van der Waals surface area contributed by atoms with Gasteiger partial charge in [0, 0.05) is 12.6 Å². The van der Waals surface area contributed by atoms with Gasteiger partial charge < -0.3 is 14.2 Å². The fourth-order valence-electron chi connectivity index (χ4n) is 2.96. The molecule has 1 atom stereocenters. The highest BCUT2D eigenvalue weighted by Crippen LogP contribution is 2.22. The first-order valence-electron chi connectivity index (χ1n) is 9.76. The molecule has 0 spiro atoms. The quantitative estimate of drug-likeness (QED) is 0.592. The monoisotopic (exact) mass is 393 g/mol. The van der Waals surface area contributed by atoms with Crippen molar-refractivity contribution in [2.45, 2.75) is 46.8 Å². The number of hydrogen-bond acceptors (Lipinski definition) is 5. The first-order chi connectivity index (χ1) is 13.9. The molecule has 0 radical (unpaired) electrons. The predicted octanol–water partition coefficient (Wildman–Crippen LogP) is 4.48. The summed E-state index contributed by atoms with van der Waals surface area (Å²) in [6, 6.07) is 13.9. The Morgan fingerprint density at radius 2 is 1.79 bits per heavy atom. The van der Waals surface area contributed by atoms with Crippen LogP contribution in [0.3, 0.4) is 0 Å². The molecule has 0 aliphatic rings.